The Morgan fingerprint density at radius 1 is 1.25 bits per heavy atom. The SMILES string of the molecule is CN(C)Cc1cn2c(n1)CN(C(=O)c1ccc3c(c1)OCO3)CC2. The summed E-state index contributed by atoms with van der Waals surface area (Å²) < 4.78 is 12.8. The van der Waals surface area contributed by atoms with E-state index in [1.807, 2.05) is 19.0 Å². The maximum absolute atomic E-state index is 12.8. The molecule has 24 heavy (non-hydrogen) atoms. The summed E-state index contributed by atoms with van der Waals surface area (Å²) in [5, 5.41) is 0. The number of carbonyl (C=O) groups excluding carboxylic acids is 1. The van der Waals surface area contributed by atoms with E-state index < -0.39 is 0 Å². The molecule has 0 unspecified atom stereocenters. The number of hydrogen-bond donors (Lipinski definition) is 0. The van der Waals surface area contributed by atoms with Crippen LogP contribution in [0, 0.1) is 0 Å². The number of hydrogen-bond acceptors (Lipinski definition) is 5. The van der Waals surface area contributed by atoms with Crippen molar-refractivity contribution in [2.45, 2.75) is 19.6 Å². The number of ether oxygens (including phenoxy) is 2. The average molecular weight is 328 g/mol. The Balaban J connectivity index is 1.51. The van der Waals surface area contributed by atoms with E-state index in [1.165, 1.54) is 0 Å². The fourth-order valence-corrected chi connectivity index (χ4v) is 3.10. The van der Waals surface area contributed by atoms with Gasteiger partial charge in [-0.15, -0.1) is 0 Å². The van der Waals surface area contributed by atoms with Crippen molar-refractivity contribution in [3.63, 3.8) is 0 Å². The van der Waals surface area contributed by atoms with Gasteiger partial charge < -0.3 is 23.8 Å². The van der Waals surface area contributed by atoms with E-state index >= 15 is 0 Å². The summed E-state index contributed by atoms with van der Waals surface area (Å²) in [7, 11) is 4.04. The monoisotopic (exact) mass is 328 g/mol. The van der Waals surface area contributed by atoms with Crippen LogP contribution in [0.4, 0.5) is 0 Å². The second-order valence-corrected chi connectivity index (χ2v) is 6.37. The van der Waals surface area contributed by atoms with Crippen LogP contribution in [0.1, 0.15) is 21.9 Å². The lowest BCUT2D eigenvalue weighted by atomic mass is 10.1. The van der Waals surface area contributed by atoms with Crippen LogP contribution in [0.3, 0.4) is 0 Å². The van der Waals surface area contributed by atoms with Crippen molar-refractivity contribution in [1.29, 1.82) is 0 Å². The Morgan fingerprint density at radius 2 is 2.08 bits per heavy atom. The molecule has 2 aliphatic rings. The molecule has 7 nitrogen and oxygen atoms in total. The van der Waals surface area contributed by atoms with Gasteiger partial charge in [-0.05, 0) is 32.3 Å². The molecule has 0 N–H and O–H groups in total. The average Bonchev–Trinajstić information content (AvgIpc) is 3.17. The van der Waals surface area contributed by atoms with Crippen LogP contribution in [0.2, 0.25) is 0 Å². The van der Waals surface area contributed by atoms with E-state index in [0.717, 1.165) is 24.6 Å². The summed E-state index contributed by atoms with van der Waals surface area (Å²) in [6.07, 6.45) is 2.08. The molecule has 0 saturated carbocycles. The molecule has 0 spiro atoms. The van der Waals surface area contributed by atoms with Crippen LogP contribution < -0.4 is 9.47 Å². The van der Waals surface area contributed by atoms with Gasteiger partial charge in [0.2, 0.25) is 6.79 Å². The molecule has 7 heteroatoms. The Labute approximate surface area is 140 Å². The predicted molar refractivity (Wildman–Crippen MR) is 86.9 cm³/mol. The molecule has 0 saturated heterocycles. The molecule has 126 valence electrons. The van der Waals surface area contributed by atoms with Crippen molar-refractivity contribution in [2.24, 2.45) is 0 Å². The summed E-state index contributed by atoms with van der Waals surface area (Å²) in [6.45, 7) is 2.99. The lowest BCUT2D eigenvalue weighted by Crippen LogP contribution is -2.38. The van der Waals surface area contributed by atoms with Gasteiger partial charge in [0.1, 0.15) is 5.82 Å². The van der Waals surface area contributed by atoms with E-state index in [1.54, 1.807) is 18.2 Å². The standard InChI is InChI=1S/C17H20N4O3/c1-19(2)8-13-9-20-5-6-21(10-16(20)18-13)17(22)12-3-4-14-15(7-12)24-11-23-14/h3-4,7,9H,5-6,8,10-11H2,1-2H3. The lowest BCUT2D eigenvalue weighted by molar-refractivity contribution is 0.0707. The van der Waals surface area contributed by atoms with Gasteiger partial charge in [0.05, 0.1) is 12.2 Å². The molecule has 3 heterocycles. The van der Waals surface area contributed by atoms with Gasteiger partial charge in [-0.25, -0.2) is 4.98 Å². The molecule has 0 fully saturated rings. The second-order valence-electron chi connectivity index (χ2n) is 6.37. The van der Waals surface area contributed by atoms with Gasteiger partial charge >= 0.3 is 0 Å². The van der Waals surface area contributed by atoms with Crippen LogP contribution >= 0.6 is 0 Å². The van der Waals surface area contributed by atoms with Crippen LogP contribution in [0.15, 0.2) is 24.4 Å². The van der Waals surface area contributed by atoms with Crippen molar-refractivity contribution in [2.75, 3.05) is 27.4 Å². The third-order valence-corrected chi connectivity index (χ3v) is 4.24. The van der Waals surface area contributed by atoms with Gasteiger partial charge in [-0.1, -0.05) is 0 Å². The lowest BCUT2D eigenvalue weighted by Gasteiger charge is -2.27. The normalized spacial score (nSPS) is 15.7. The van der Waals surface area contributed by atoms with Gasteiger partial charge in [0, 0.05) is 31.4 Å². The summed E-state index contributed by atoms with van der Waals surface area (Å²) in [5.41, 5.74) is 1.65. The van der Waals surface area contributed by atoms with Crippen LogP contribution in [0.25, 0.3) is 0 Å². The number of aromatic nitrogens is 2. The molecule has 0 radical (unpaired) electrons. The highest BCUT2D eigenvalue weighted by molar-refractivity contribution is 5.95. The summed E-state index contributed by atoms with van der Waals surface area (Å²) >= 11 is 0. The molecule has 0 bridgehead atoms. The zero-order chi connectivity index (χ0) is 16.7. The molecule has 2 aliphatic heterocycles. The number of nitrogens with zero attached hydrogens (tertiary/aromatic N) is 4. The van der Waals surface area contributed by atoms with Gasteiger partial charge in [0.25, 0.3) is 5.91 Å². The highest BCUT2D eigenvalue weighted by Gasteiger charge is 2.25. The van der Waals surface area contributed by atoms with Gasteiger partial charge in [-0.3, -0.25) is 4.79 Å². The minimum absolute atomic E-state index is 0.00305. The number of fused-ring (bicyclic) bond motifs is 2. The highest BCUT2D eigenvalue weighted by atomic mass is 16.7. The Hall–Kier alpha value is -2.54. The van der Waals surface area contributed by atoms with E-state index in [-0.39, 0.29) is 12.7 Å². The van der Waals surface area contributed by atoms with Crippen LogP contribution in [-0.2, 0) is 19.6 Å². The Bertz CT molecular complexity index is 784. The van der Waals surface area contributed by atoms with Crippen LogP contribution in [0.5, 0.6) is 11.5 Å². The topological polar surface area (TPSA) is 59.8 Å². The quantitative estimate of drug-likeness (QED) is 0.851. The van der Waals surface area contributed by atoms with Gasteiger partial charge in [0.15, 0.2) is 11.5 Å². The molecule has 1 amide bonds. The van der Waals surface area contributed by atoms with E-state index in [2.05, 4.69) is 20.6 Å². The summed E-state index contributed by atoms with van der Waals surface area (Å²) in [6, 6.07) is 5.33. The van der Waals surface area contributed by atoms with Crippen molar-refractivity contribution in [1.82, 2.24) is 19.4 Å². The van der Waals surface area contributed by atoms with Gasteiger partial charge in [-0.2, -0.15) is 0 Å². The molecular weight excluding hydrogens is 308 g/mol. The highest BCUT2D eigenvalue weighted by Crippen LogP contribution is 2.33. The molecule has 0 aliphatic carbocycles. The van der Waals surface area contributed by atoms with Crippen LogP contribution in [-0.4, -0.2) is 52.7 Å². The first-order valence-electron chi connectivity index (χ1n) is 7.99. The maximum atomic E-state index is 12.8. The molecule has 4 rings (SSSR count). The van der Waals surface area contributed by atoms with E-state index in [9.17, 15) is 4.79 Å². The minimum Gasteiger partial charge on any atom is -0.454 e. The first kappa shape index (κ1) is 15.0. The van der Waals surface area contributed by atoms with Crippen molar-refractivity contribution in [3.8, 4) is 11.5 Å². The van der Waals surface area contributed by atoms with Crippen molar-refractivity contribution < 1.29 is 14.3 Å². The largest absolute Gasteiger partial charge is 0.454 e. The zero-order valence-electron chi connectivity index (χ0n) is 13.9. The predicted octanol–water partition coefficient (Wildman–Crippen LogP) is 1.33. The van der Waals surface area contributed by atoms with E-state index in [4.69, 9.17) is 9.47 Å². The molecular formula is C17H20N4O3. The number of imidazole rings is 1. The Morgan fingerprint density at radius 3 is 2.92 bits per heavy atom. The number of rotatable bonds is 3. The Kier molecular flexibility index (Phi) is 3.65. The van der Waals surface area contributed by atoms with E-state index in [0.29, 0.717) is 30.2 Å². The fourth-order valence-electron chi connectivity index (χ4n) is 3.10. The third-order valence-electron chi connectivity index (χ3n) is 4.24. The second kappa shape index (κ2) is 5.83. The minimum atomic E-state index is -0.00305. The summed E-state index contributed by atoms with van der Waals surface area (Å²) in [5.74, 6) is 2.26. The van der Waals surface area contributed by atoms with Crippen molar-refractivity contribution in [3.05, 3.63) is 41.5 Å². The molecule has 1 aromatic heterocycles. The summed E-state index contributed by atoms with van der Waals surface area (Å²) in [4.78, 5) is 21.4. The third kappa shape index (κ3) is 2.71. The smallest absolute Gasteiger partial charge is 0.254 e. The molecule has 2 aromatic rings. The molecule has 0 atom stereocenters. The molecule has 1 aromatic carbocycles. The zero-order valence-corrected chi connectivity index (χ0v) is 13.9. The number of benzene rings is 1. The maximum Gasteiger partial charge on any atom is 0.254 e. The number of carbonyl (C=O) groups is 1. The first-order chi connectivity index (χ1) is 11.6. The fraction of sp³-hybridized carbons (Fsp3) is 0.412. The first-order valence-corrected chi connectivity index (χ1v) is 7.99. The van der Waals surface area contributed by atoms with Crippen molar-refractivity contribution >= 4 is 5.91 Å². The number of amides is 1.